The average Bonchev–Trinajstić information content (AvgIpc) is 2.95. The number of anilines is 2. The molecule has 1 aromatic heterocycles. The molecule has 3 N–H and O–H groups in total. The molecule has 0 bridgehead atoms. The minimum atomic E-state index is -1.20. The molecular weight excluding hydrogens is 320 g/mol. The summed E-state index contributed by atoms with van der Waals surface area (Å²) < 4.78 is 1.28. The van der Waals surface area contributed by atoms with E-state index in [4.69, 9.17) is 16.7 Å². The fourth-order valence-corrected chi connectivity index (χ4v) is 1.98. The van der Waals surface area contributed by atoms with Gasteiger partial charge in [0.15, 0.2) is 5.54 Å². The number of rotatable bonds is 6. The second-order valence-corrected chi connectivity index (χ2v) is 5.83. The highest BCUT2D eigenvalue weighted by molar-refractivity contribution is 6.33. The van der Waals surface area contributed by atoms with Crippen LogP contribution in [-0.4, -0.2) is 33.3 Å². The average molecular weight is 337 g/mol. The summed E-state index contributed by atoms with van der Waals surface area (Å²) in [6.07, 6.45) is 2.87. The third-order valence-electron chi connectivity index (χ3n) is 3.28. The van der Waals surface area contributed by atoms with Crippen molar-refractivity contribution in [3.8, 4) is 0 Å². The summed E-state index contributed by atoms with van der Waals surface area (Å²) >= 11 is 5.99. The van der Waals surface area contributed by atoms with Crippen LogP contribution in [0.5, 0.6) is 0 Å². The number of benzene rings is 1. The number of hydrogen-bond acceptors (Lipinski definition) is 4. The Hall–Kier alpha value is -2.54. The Labute approximate surface area is 138 Å². The van der Waals surface area contributed by atoms with Crippen LogP contribution in [0.4, 0.5) is 11.4 Å². The van der Waals surface area contributed by atoms with E-state index in [1.54, 1.807) is 18.2 Å². The molecule has 23 heavy (non-hydrogen) atoms. The third kappa shape index (κ3) is 4.01. The Morgan fingerprint density at radius 2 is 2.04 bits per heavy atom. The van der Waals surface area contributed by atoms with E-state index in [-0.39, 0.29) is 12.5 Å². The number of nitrogens with one attached hydrogen (secondary N) is 2. The number of amides is 1. The van der Waals surface area contributed by atoms with Crippen molar-refractivity contribution in [1.29, 1.82) is 0 Å². The molecule has 8 heteroatoms. The number of nitrogens with zero attached hydrogens (tertiary/aromatic N) is 2. The predicted molar refractivity (Wildman–Crippen MR) is 87.8 cm³/mol. The Morgan fingerprint density at radius 1 is 1.35 bits per heavy atom. The molecule has 0 saturated carbocycles. The van der Waals surface area contributed by atoms with Crippen molar-refractivity contribution < 1.29 is 14.7 Å². The van der Waals surface area contributed by atoms with Gasteiger partial charge in [-0.3, -0.25) is 9.48 Å². The van der Waals surface area contributed by atoms with Gasteiger partial charge in [0.05, 0.1) is 29.1 Å². The van der Waals surface area contributed by atoms with Gasteiger partial charge in [0.2, 0.25) is 5.91 Å². The largest absolute Gasteiger partial charge is 0.479 e. The molecule has 0 aliphatic carbocycles. The standard InChI is InChI=1S/C15H17ClN4O3/c1-15(2,14(22)23)20-9-10(7-18-20)19-13(21)8-17-12-6-4-3-5-11(12)16/h3-7,9,17H,8H2,1-2H3,(H,19,21)(H,22,23). The van der Waals surface area contributed by atoms with Crippen LogP contribution in [0, 0.1) is 0 Å². The SMILES string of the molecule is CC(C)(C(=O)O)n1cc(NC(=O)CNc2ccccc2Cl)cn1. The first-order valence-electron chi connectivity index (χ1n) is 6.87. The van der Waals surface area contributed by atoms with Crippen LogP contribution in [0.1, 0.15) is 13.8 Å². The molecule has 0 aliphatic heterocycles. The van der Waals surface area contributed by atoms with Crippen molar-refractivity contribution >= 4 is 34.9 Å². The maximum Gasteiger partial charge on any atom is 0.331 e. The fourth-order valence-electron chi connectivity index (χ4n) is 1.78. The molecule has 0 fully saturated rings. The number of carbonyl (C=O) groups excluding carboxylic acids is 1. The monoisotopic (exact) mass is 336 g/mol. The Kier molecular flexibility index (Phi) is 4.90. The molecule has 0 aliphatic rings. The molecule has 1 amide bonds. The van der Waals surface area contributed by atoms with Gasteiger partial charge in [-0.05, 0) is 26.0 Å². The molecule has 0 saturated heterocycles. The smallest absolute Gasteiger partial charge is 0.331 e. The molecule has 0 spiro atoms. The zero-order valence-corrected chi connectivity index (χ0v) is 13.5. The molecule has 1 aromatic carbocycles. The van der Waals surface area contributed by atoms with Gasteiger partial charge in [-0.1, -0.05) is 23.7 Å². The first-order valence-corrected chi connectivity index (χ1v) is 7.25. The first kappa shape index (κ1) is 16.8. The number of aromatic nitrogens is 2. The van der Waals surface area contributed by atoms with E-state index < -0.39 is 11.5 Å². The Morgan fingerprint density at radius 3 is 2.70 bits per heavy atom. The van der Waals surface area contributed by atoms with Crippen LogP contribution in [0.3, 0.4) is 0 Å². The van der Waals surface area contributed by atoms with E-state index in [0.29, 0.717) is 16.4 Å². The number of carboxylic acid groups (broad SMARTS) is 1. The summed E-state index contributed by atoms with van der Waals surface area (Å²) in [4.78, 5) is 23.1. The second kappa shape index (κ2) is 6.70. The van der Waals surface area contributed by atoms with Crippen molar-refractivity contribution in [1.82, 2.24) is 9.78 Å². The molecule has 2 rings (SSSR count). The first-order chi connectivity index (χ1) is 10.8. The Bertz CT molecular complexity index is 727. The fraction of sp³-hybridized carbons (Fsp3) is 0.267. The van der Waals surface area contributed by atoms with Gasteiger partial charge in [0, 0.05) is 6.20 Å². The highest BCUT2D eigenvalue weighted by Crippen LogP contribution is 2.20. The van der Waals surface area contributed by atoms with Crippen molar-refractivity contribution in [3.63, 3.8) is 0 Å². The number of carbonyl (C=O) groups is 2. The third-order valence-corrected chi connectivity index (χ3v) is 3.61. The van der Waals surface area contributed by atoms with Crippen molar-refractivity contribution in [2.45, 2.75) is 19.4 Å². The molecule has 1 heterocycles. The van der Waals surface area contributed by atoms with Crippen LogP contribution in [0.25, 0.3) is 0 Å². The quantitative estimate of drug-likeness (QED) is 0.752. The van der Waals surface area contributed by atoms with Crippen molar-refractivity contribution in [3.05, 3.63) is 41.7 Å². The van der Waals surface area contributed by atoms with Gasteiger partial charge < -0.3 is 15.7 Å². The molecule has 0 atom stereocenters. The van der Waals surface area contributed by atoms with Gasteiger partial charge in [-0.2, -0.15) is 5.10 Å². The molecule has 7 nitrogen and oxygen atoms in total. The summed E-state index contributed by atoms with van der Waals surface area (Å²) in [6.45, 7) is 3.07. The van der Waals surface area contributed by atoms with Crippen LogP contribution in [-0.2, 0) is 15.1 Å². The number of para-hydroxylation sites is 1. The van der Waals surface area contributed by atoms with Gasteiger partial charge in [0.1, 0.15) is 0 Å². The lowest BCUT2D eigenvalue weighted by Crippen LogP contribution is -2.35. The normalized spacial score (nSPS) is 11.1. The zero-order valence-electron chi connectivity index (χ0n) is 12.7. The summed E-state index contributed by atoms with van der Waals surface area (Å²) in [7, 11) is 0. The van der Waals surface area contributed by atoms with Crippen molar-refractivity contribution in [2.24, 2.45) is 0 Å². The van der Waals surface area contributed by atoms with Crippen LogP contribution >= 0.6 is 11.6 Å². The number of carboxylic acids is 1. The van der Waals surface area contributed by atoms with E-state index in [0.717, 1.165) is 0 Å². The Balaban J connectivity index is 1.95. The predicted octanol–water partition coefficient (Wildman–Crippen LogP) is 2.41. The zero-order chi connectivity index (χ0) is 17.0. The van der Waals surface area contributed by atoms with Crippen LogP contribution in [0.15, 0.2) is 36.7 Å². The van der Waals surface area contributed by atoms with E-state index in [1.165, 1.54) is 30.9 Å². The summed E-state index contributed by atoms with van der Waals surface area (Å²) in [5.74, 6) is -1.31. The molecule has 2 aromatic rings. The lowest BCUT2D eigenvalue weighted by molar-refractivity contribution is -0.146. The number of halogens is 1. The second-order valence-electron chi connectivity index (χ2n) is 5.42. The summed E-state index contributed by atoms with van der Waals surface area (Å²) in [5.41, 5.74) is -0.115. The lowest BCUT2D eigenvalue weighted by atomic mass is 10.1. The van der Waals surface area contributed by atoms with E-state index >= 15 is 0 Å². The minimum Gasteiger partial charge on any atom is -0.479 e. The van der Waals surface area contributed by atoms with Crippen molar-refractivity contribution in [2.75, 3.05) is 17.2 Å². The highest BCUT2D eigenvalue weighted by Gasteiger charge is 2.30. The maximum atomic E-state index is 11.9. The number of aliphatic carboxylic acids is 1. The van der Waals surface area contributed by atoms with E-state index in [2.05, 4.69) is 15.7 Å². The highest BCUT2D eigenvalue weighted by atomic mass is 35.5. The topological polar surface area (TPSA) is 96.2 Å². The summed E-state index contributed by atoms with van der Waals surface area (Å²) in [6, 6.07) is 7.10. The van der Waals surface area contributed by atoms with Gasteiger partial charge >= 0.3 is 5.97 Å². The van der Waals surface area contributed by atoms with Gasteiger partial charge in [-0.25, -0.2) is 4.79 Å². The molecule has 0 unspecified atom stereocenters. The van der Waals surface area contributed by atoms with Crippen LogP contribution in [0.2, 0.25) is 5.02 Å². The van der Waals surface area contributed by atoms with E-state index in [9.17, 15) is 9.59 Å². The maximum absolute atomic E-state index is 11.9. The molecule has 0 radical (unpaired) electrons. The van der Waals surface area contributed by atoms with Gasteiger partial charge in [0.25, 0.3) is 0 Å². The lowest BCUT2D eigenvalue weighted by Gasteiger charge is -2.19. The van der Waals surface area contributed by atoms with Gasteiger partial charge in [-0.15, -0.1) is 0 Å². The summed E-state index contributed by atoms with van der Waals surface area (Å²) in [5, 5.41) is 19.2. The van der Waals surface area contributed by atoms with E-state index in [1.807, 2.05) is 6.07 Å². The molecular formula is C15H17ClN4O3. The molecule has 122 valence electrons. The van der Waals surface area contributed by atoms with Crippen LogP contribution < -0.4 is 10.6 Å². The minimum absolute atomic E-state index is 0.0250. The number of hydrogen-bond donors (Lipinski definition) is 3.